The Morgan fingerprint density at radius 3 is 2.54 bits per heavy atom. The lowest BCUT2D eigenvalue weighted by molar-refractivity contribution is -0.143. The molecule has 0 fully saturated rings. The Kier molecular flexibility index (Phi) is 5.62. The summed E-state index contributed by atoms with van der Waals surface area (Å²) < 4.78 is 0. The summed E-state index contributed by atoms with van der Waals surface area (Å²) in [4.78, 5) is 24.4. The predicted molar refractivity (Wildman–Crippen MR) is 87.0 cm³/mol. The molecule has 0 saturated heterocycles. The number of carboxylic acid groups (broad SMARTS) is 1. The smallest absolute Gasteiger partial charge is 0.326 e. The maximum absolute atomic E-state index is 12.0. The van der Waals surface area contributed by atoms with Gasteiger partial charge in [-0.2, -0.15) is 4.80 Å². The summed E-state index contributed by atoms with van der Waals surface area (Å²) in [6, 6.07) is 6.70. The molecule has 0 aliphatic carbocycles. The van der Waals surface area contributed by atoms with Gasteiger partial charge in [-0.25, -0.2) is 4.79 Å². The number of carbonyl (C=O) groups excluding carboxylic acids is 1. The lowest BCUT2D eigenvalue weighted by atomic mass is 9.99. The lowest BCUT2D eigenvalue weighted by Gasteiger charge is -2.19. The molecule has 0 spiro atoms. The zero-order valence-electron chi connectivity index (χ0n) is 13.9. The zero-order chi connectivity index (χ0) is 17.7. The van der Waals surface area contributed by atoms with Crippen LogP contribution < -0.4 is 5.32 Å². The minimum atomic E-state index is -1.05. The fourth-order valence-electron chi connectivity index (χ4n) is 2.16. The summed E-state index contributed by atoms with van der Waals surface area (Å²) in [5.74, 6) is -1.27. The highest BCUT2D eigenvalue weighted by molar-refractivity contribution is 5.83. The van der Waals surface area contributed by atoms with Gasteiger partial charge < -0.3 is 10.4 Å². The topological polar surface area (TPSA) is 110 Å². The molecule has 2 N–H and O–H groups in total. The molecular weight excluding hydrogens is 310 g/mol. The van der Waals surface area contributed by atoms with Gasteiger partial charge in [0.15, 0.2) is 0 Å². The van der Waals surface area contributed by atoms with E-state index in [-0.39, 0.29) is 12.5 Å². The monoisotopic (exact) mass is 331 g/mol. The van der Waals surface area contributed by atoms with Gasteiger partial charge in [0, 0.05) is 5.56 Å². The summed E-state index contributed by atoms with van der Waals surface area (Å²) in [6.07, 6.45) is 0.649. The Bertz CT molecular complexity index is 711. The Morgan fingerprint density at radius 1 is 1.29 bits per heavy atom. The van der Waals surface area contributed by atoms with E-state index >= 15 is 0 Å². The van der Waals surface area contributed by atoms with Crippen molar-refractivity contribution < 1.29 is 14.7 Å². The van der Waals surface area contributed by atoms with Gasteiger partial charge in [0.2, 0.25) is 11.7 Å². The van der Waals surface area contributed by atoms with Crippen LogP contribution in [-0.4, -0.2) is 43.2 Å². The molecule has 8 heteroatoms. The molecule has 1 amide bonds. The first kappa shape index (κ1) is 17.6. The summed E-state index contributed by atoms with van der Waals surface area (Å²) in [7, 11) is 0. The number of benzene rings is 1. The number of tetrazole rings is 1. The molecule has 0 saturated carbocycles. The van der Waals surface area contributed by atoms with E-state index in [9.17, 15) is 14.7 Å². The average molecular weight is 331 g/mol. The molecule has 8 nitrogen and oxygen atoms in total. The number of aromatic nitrogens is 4. The minimum absolute atomic E-state index is 0.168. The van der Waals surface area contributed by atoms with Gasteiger partial charge >= 0.3 is 5.97 Å². The second-order valence-electron chi connectivity index (χ2n) is 5.78. The highest BCUT2D eigenvalue weighted by Crippen LogP contribution is 2.14. The van der Waals surface area contributed by atoms with Gasteiger partial charge in [-0.1, -0.05) is 50.1 Å². The third-order valence-corrected chi connectivity index (χ3v) is 3.84. The number of amides is 1. The normalized spacial score (nSPS) is 13.3. The summed E-state index contributed by atoms with van der Waals surface area (Å²) in [6.45, 7) is 5.45. The highest BCUT2D eigenvalue weighted by atomic mass is 16.4. The van der Waals surface area contributed by atoms with Gasteiger partial charge in [0.05, 0.1) is 0 Å². The highest BCUT2D eigenvalue weighted by Gasteiger charge is 2.25. The molecule has 2 aromatic rings. The molecule has 0 bridgehead atoms. The fourth-order valence-corrected chi connectivity index (χ4v) is 2.16. The Morgan fingerprint density at radius 2 is 1.96 bits per heavy atom. The molecule has 24 heavy (non-hydrogen) atoms. The number of hydrogen-bond acceptors (Lipinski definition) is 5. The molecular formula is C16H21N5O3. The van der Waals surface area contributed by atoms with Crippen molar-refractivity contribution in [3.63, 3.8) is 0 Å². The molecule has 1 aromatic heterocycles. The van der Waals surface area contributed by atoms with Crippen molar-refractivity contribution in [1.82, 2.24) is 25.5 Å². The van der Waals surface area contributed by atoms with Crippen LogP contribution in [0.1, 0.15) is 25.8 Å². The third-order valence-electron chi connectivity index (χ3n) is 3.84. The van der Waals surface area contributed by atoms with Gasteiger partial charge in [0.25, 0.3) is 0 Å². The van der Waals surface area contributed by atoms with Crippen molar-refractivity contribution in [2.45, 2.75) is 39.8 Å². The van der Waals surface area contributed by atoms with E-state index in [1.54, 1.807) is 6.92 Å². The largest absolute Gasteiger partial charge is 0.480 e. The maximum atomic E-state index is 12.0. The van der Waals surface area contributed by atoms with Crippen LogP contribution in [-0.2, 0) is 16.1 Å². The first-order chi connectivity index (χ1) is 11.4. The number of nitrogens with one attached hydrogen (secondary N) is 1. The third kappa shape index (κ3) is 4.37. The van der Waals surface area contributed by atoms with Crippen LogP contribution in [0.2, 0.25) is 0 Å². The second kappa shape index (κ2) is 7.67. The molecule has 0 aliphatic heterocycles. The van der Waals surface area contributed by atoms with E-state index in [4.69, 9.17) is 0 Å². The van der Waals surface area contributed by atoms with E-state index in [2.05, 4.69) is 20.7 Å². The van der Waals surface area contributed by atoms with Gasteiger partial charge in [-0.15, -0.1) is 10.2 Å². The number of hydrogen-bond donors (Lipinski definition) is 2. The number of rotatable bonds is 7. The van der Waals surface area contributed by atoms with Gasteiger partial charge in [0.1, 0.15) is 12.6 Å². The Hall–Kier alpha value is -2.77. The summed E-state index contributed by atoms with van der Waals surface area (Å²) in [5.41, 5.74) is 1.92. The summed E-state index contributed by atoms with van der Waals surface area (Å²) >= 11 is 0. The molecule has 128 valence electrons. The second-order valence-corrected chi connectivity index (χ2v) is 5.78. The standard InChI is InChI=1S/C16H21N5O3/c1-4-11(3)14(16(23)24)17-13(22)9-21-19-15(18-20-21)12-7-5-10(2)6-8-12/h5-8,11,14H,4,9H2,1-3H3,(H,17,22)(H,23,24). The number of carbonyl (C=O) groups is 2. The number of aliphatic carboxylic acids is 1. The number of aryl methyl sites for hydroxylation is 1. The minimum Gasteiger partial charge on any atom is -0.480 e. The van der Waals surface area contributed by atoms with E-state index in [0.29, 0.717) is 12.2 Å². The van der Waals surface area contributed by atoms with E-state index in [1.807, 2.05) is 38.1 Å². The summed E-state index contributed by atoms with van der Waals surface area (Å²) in [5, 5.41) is 23.6. The van der Waals surface area contributed by atoms with Crippen molar-refractivity contribution in [3.05, 3.63) is 29.8 Å². The number of carboxylic acids is 1. The Labute approximate surface area is 139 Å². The van der Waals surface area contributed by atoms with Crippen LogP contribution in [0.5, 0.6) is 0 Å². The van der Waals surface area contributed by atoms with E-state index in [0.717, 1.165) is 15.9 Å². The molecule has 1 heterocycles. The van der Waals surface area contributed by atoms with Crippen molar-refractivity contribution >= 4 is 11.9 Å². The predicted octanol–water partition coefficient (Wildman–Crippen LogP) is 1.26. The van der Waals surface area contributed by atoms with Gasteiger partial charge in [-0.3, -0.25) is 4.79 Å². The van der Waals surface area contributed by atoms with Crippen LogP contribution >= 0.6 is 0 Å². The maximum Gasteiger partial charge on any atom is 0.326 e. The van der Waals surface area contributed by atoms with Crippen LogP contribution in [0.25, 0.3) is 11.4 Å². The lowest BCUT2D eigenvalue weighted by Crippen LogP contribution is -2.46. The van der Waals surface area contributed by atoms with E-state index in [1.165, 1.54) is 0 Å². The first-order valence-electron chi connectivity index (χ1n) is 7.77. The van der Waals surface area contributed by atoms with Crippen molar-refractivity contribution in [3.8, 4) is 11.4 Å². The quantitative estimate of drug-likeness (QED) is 0.790. The van der Waals surface area contributed by atoms with E-state index < -0.39 is 17.9 Å². The van der Waals surface area contributed by atoms with Crippen molar-refractivity contribution in [2.75, 3.05) is 0 Å². The van der Waals surface area contributed by atoms with Crippen LogP contribution in [0.15, 0.2) is 24.3 Å². The SMILES string of the molecule is CCC(C)C(NC(=O)Cn1nnc(-c2ccc(C)cc2)n1)C(=O)O. The van der Waals surface area contributed by atoms with Crippen molar-refractivity contribution in [1.29, 1.82) is 0 Å². The molecule has 2 unspecified atom stereocenters. The van der Waals surface area contributed by atoms with Crippen molar-refractivity contribution in [2.24, 2.45) is 5.92 Å². The van der Waals surface area contributed by atoms with Crippen LogP contribution in [0.4, 0.5) is 0 Å². The fraction of sp³-hybridized carbons (Fsp3) is 0.438. The van der Waals surface area contributed by atoms with Crippen LogP contribution in [0, 0.1) is 12.8 Å². The molecule has 2 rings (SSSR count). The molecule has 0 aliphatic rings. The number of nitrogens with zero attached hydrogens (tertiary/aromatic N) is 4. The zero-order valence-corrected chi connectivity index (χ0v) is 13.9. The average Bonchev–Trinajstić information content (AvgIpc) is 3.00. The molecule has 1 aromatic carbocycles. The first-order valence-corrected chi connectivity index (χ1v) is 7.77. The molecule has 2 atom stereocenters. The van der Waals surface area contributed by atoms with Gasteiger partial charge in [-0.05, 0) is 18.1 Å². The molecule has 0 radical (unpaired) electrons. The van der Waals surface area contributed by atoms with Crippen LogP contribution in [0.3, 0.4) is 0 Å². The Balaban J connectivity index is 2.02.